The van der Waals surface area contributed by atoms with Gasteiger partial charge in [0.1, 0.15) is 5.94 Å². The minimum absolute atomic E-state index is 0.122. The smallest absolute Gasteiger partial charge is 0.306 e. The minimum Gasteiger partial charge on any atom is -0.455 e. The SMILES string of the molecule is C[C@@]1(CCCCC(=O)OCS)CCSS1. The van der Waals surface area contributed by atoms with Gasteiger partial charge in [-0.1, -0.05) is 28.0 Å². The van der Waals surface area contributed by atoms with Crippen molar-refractivity contribution in [3.8, 4) is 0 Å². The summed E-state index contributed by atoms with van der Waals surface area (Å²) in [6.45, 7) is 2.32. The van der Waals surface area contributed by atoms with E-state index >= 15 is 0 Å². The lowest BCUT2D eigenvalue weighted by Gasteiger charge is -2.20. The molecule has 1 heterocycles. The van der Waals surface area contributed by atoms with E-state index < -0.39 is 0 Å². The van der Waals surface area contributed by atoms with Crippen LogP contribution in [0, 0.1) is 0 Å². The zero-order valence-electron chi connectivity index (χ0n) is 9.03. The van der Waals surface area contributed by atoms with Gasteiger partial charge in [-0.3, -0.25) is 4.79 Å². The summed E-state index contributed by atoms with van der Waals surface area (Å²) in [4.78, 5) is 11.0. The lowest BCUT2D eigenvalue weighted by atomic mass is 9.99. The average molecular weight is 266 g/mol. The zero-order chi connectivity index (χ0) is 11.1. The van der Waals surface area contributed by atoms with E-state index in [-0.39, 0.29) is 11.9 Å². The van der Waals surface area contributed by atoms with Gasteiger partial charge in [0.05, 0.1) is 0 Å². The molecule has 0 N–H and O–H groups in total. The van der Waals surface area contributed by atoms with Gasteiger partial charge in [-0.15, -0.1) is 12.6 Å². The van der Waals surface area contributed by atoms with E-state index in [9.17, 15) is 4.79 Å². The number of ether oxygens (including phenoxy) is 1. The van der Waals surface area contributed by atoms with Crippen LogP contribution in [-0.2, 0) is 9.53 Å². The molecule has 0 aromatic rings. The number of carbonyl (C=O) groups excluding carboxylic acids is 1. The van der Waals surface area contributed by atoms with E-state index in [1.165, 1.54) is 18.6 Å². The van der Waals surface area contributed by atoms with Crippen molar-refractivity contribution in [3.63, 3.8) is 0 Å². The highest BCUT2D eigenvalue weighted by Gasteiger charge is 2.29. The molecule has 0 aliphatic carbocycles. The Morgan fingerprint density at radius 3 is 2.93 bits per heavy atom. The molecule has 1 atom stereocenters. The number of hydrogen-bond acceptors (Lipinski definition) is 5. The number of rotatable bonds is 6. The van der Waals surface area contributed by atoms with Gasteiger partial charge in [0.15, 0.2) is 0 Å². The Morgan fingerprint density at radius 2 is 2.33 bits per heavy atom. The Hall–Kier alpha value is 0.520. The zero-order valence-corrected chi connectivity index (χ0v) is 11.6. The molecular formula is C10H18O2S3. The van der Waals surface area contributed by atoms with Crippen molar-refractivity contribution in [1.29, 1.82) is 0 Å². The molecule has 15 heavy (non-hydrogen) atoms. The Labute approximate surface area is 105 Å². The van der Waals surface area contributed by atoms with Gasteiger partial charge in [-0.25, -0.2) is 0 Å². The Morgan fingerprint density at radius 1 is 1.53 bits per heavy atom. The van der Waals surface area contributed by atoms with Crippen molar-refractivity contribution in [2.75, 3.05) is 11.7 Å². The van der Waals surface area contributed by atoms with E-state index in [0.29, 0.717) is 11.2 Å². The van der Waals surface area contributed by atoms with Crippen LogP contribution in [0.4, 0.5) is 0 Å². The molecule has 1 rings (SSSR count). The predicted octanol–water partition coefficient (Wildman–Crippen LogP) is 3.52. The van der Waals surface area contributed by atoms with E-state index in [0.717, 1.165) is 12.8 Å². The molecule has 1 fully saturated rings. The van der Waals surface area contributed by atoms with Gasteiger partial charge in [0.25, 0.3) is 0 Å². The summed E-state index contributed by atoms with van der Waals surface area (Å²) in [7, 11) is 3.97. The van der Waals surface area contributed by atoms with Crippen molar-refractivity contribution in [3.05, 3.63) is 0 Å². The molecule has 0 radical (unpaired) electrons. The molecule has 0 saturated carbocycles. The van der Waals surface area contributed by atoms with E-state index in [1.807, 2.05) is 21.6 Å². The monoisotopic (exact) mass is 266 g/mol. The van der Waals surface area contributed by atoms with Crippen LogP contribution in [0.2, 0.25) is 0 Å². The van der Waals surface area contributed by atoms with Crippen molar-refractivity contribution in [1.82, 2.24) is 0 Å². The van der Waals surface area contributed by atoms with Crippen molar-refractivity contribution in [2.24, 2.45) is 0 Å². The highest BCUT2D eigenvalue weighted by molar-refractivity contribution is 8.77. The van der Waals surface area contributed by atoms with Crippen LogP contribution in [-0.4, -0.2) is 22.4 Å². The summed E-state index contributed by atoms with van der Waals surface area (Å²) in [6, 6.07) is 0. The first-order valence-corrected chi connectivity index (χ1v) is 8.18. The molecule has 88 valence electrons. The topological polar surface area (TPSA) is 26.3 Å². The molecule has 5 heteroatoms. The fourth-order valence-electron chi connectivity index (χ4n) is 1.56. The van der Waals surface area contributed by atoms with Crippen LogP contribution < -0.4 is 0 Å². The Kier molecular flexibility index (Phi) is 6.31. The molecule has 1 aliphatic heterocycles. The van der Waals surface area contributed by atoms with Gasteiger partial charge in [0.2, 0.25) is 0 Å². The summed E-state index contributed by atoms with van der Waals surface area (Å²) in [5.74, 6) is 1.34. The standard InChI is InChI=1S/C10H18O2S3/c1-10(6-7-14-15-10)5-3-2-4-9(11)12-8-13/h13H,2-8H2,1H3/t10-/m1/s1. The second-order valence-corrected chi connectivity index (χ2v) is 7.22. The Balaban J connectivity index is 2.03. The normalized spacial score (nSPS) is 25.5. The molecule has 0 spiro atoms. The predicted molar refractivity (Wildman–Crippen MR) is 71.5 cm³/mol. The number of thiol groups is 1. The minimum atomic E-state index is -0.122. The second kappa shape index (κ2) is 6.97. The van der Waals surface area contributed by atoms with Gasteiger partial charge < -0.3 is 4.74 Å². The van der Waals surface area contributed by atoms with Gasteiger partial charge in [0, 0.05) is 16.9 Å². The number of hydrogen-bond donors (Lipinski definition) is 1. The number of carbonyl (C=O) groups is 1. The number of unbranched alkanes of at least 4 members (excludes halogenated alkanes) is 1. The van der Waals surface area contributed by atoms with E-state index in [1.54, 1.807) is 0 Å². The first-order valence-electron chi connectivity index (χ1n) is 5.23. The third-order valence-electron chi connectivity index (χ3n) is 2.54. The molecule has 0 aromatic heterocycles. The fourth-order valence-corrected chi connectivity index (χ4v) is 5.00. The van der Waals surface area contributed by atoms with E-state index in [2.05, 4.69) is 19.6 Å². The first-order chi connectivity index (χ1) is 7.16. The van der Waals surface area contributed by atoms with Gasteiger partial charge in [-0.05, 0) is 26.2 Å². The third-order valence-corrected chi connectivity index (χ3v) is 6.03. The average Bonchev–Trinajstić information content (AvgIpc) is 2.61. The maximum Gasteiger partial charge on any atom is 0.306 e. The summed E-state index contributed by atoms with van der Waals surface area (Å²) >= 11 is 3.84. The van der Waals surface area contributed by atoms with Crippen molar-refractivity contribution >= 4 is 40.2 Å². The van der Waals surface area contributed by atoms with Crippen LogP contribution in [0.15, 0.2) is 0 Å². The molecular weight excluding hydrogens is 248 g/mol. The van der Waals surface area contributed by atoms with Crippen LogP contribution in [0.3, 0.4) is 0 Å². The highest BCUT2D eigenvalue weighted by atomic mass is 33.1. The second-order valence-electron chi connectivity index (χ2n) is 3.96. The molecule has 1 saturated heterocycles. The summed E-state index contributed by atoms with van der Waals surface area (Å²) in [6.07, 6.45) is 5.09. The maximum atomic E-state index is 11.0. The molecule has 2 nitrogen and oxygen atoms in total. The van der Waals surface area contributed by atoms with Crippen LogP contribution in [0.5, 0.6) is 0 Å². The summed E-state index contributed by atoms with van der Waals surface area (Å²) < 4.78 is 5.20. The van der Waals surface area contributed by atoms with Crippen molar-refractivity contribution < 1.29 is 9.53 Å². The lowest BCUT2D eigenvalue weighted by Crippen LogP contribution is -2.15. The molecule has 1 aliphatic rings. The largest absolute Gasteiger partial charge is 0.455 e. The van der Waals surface area contributed by atoms with E-state index in [4.69, 9.17) is 4.74 Å². The molecule has 0 amide bonds. The summed E-state index contributed by atoms with van der Waals surface area (Å²) in [5, 5.41) is 0. The third kappa shape index (κ3) is 5.41. The molecule has 0 unspecified atom stereocenters. The van der Waals surface area contributed by atoms with Crippen LogP contribution in [0.1, 0.15) is 39.0 Å². The van der Waals surface area contributed by atoms with Crippen molar-refractivity contribution in [2.45, 2.75) is 43.8 Å². The molecule has 0 bridgehead atoms. The number of esters is 1. The van der Waals surface area contributed by atoms with Gasteiger partial charge in [-0.2, -0.15) is 0 Å². The maximum absolute atomic E-state index is 11.0. The first kappa shape index (κ1) is 13.6. The van der Waals surface area contributed by atoms with Crippen LogP contribution >= 0.6 is 34.2 Å². The molecule has 0 aromatic carbocycles. The lowest BCUT2D eigenvalue weighted by molar-refractivity contribution is -0.141. The Bertz CT molecular complexity index is 203. The van der Waals surface area contributed by atoms with Crippen LogP contribution in [0.25, 0.3) is 0 Å². The highest BCUT2D eigenvalue weighted by Crippen LogP contribution is 2.49. The summed E-state index contributed by atoms with van der Waals surface area (Å²) in [5.41, 5.74) is 0. The fraction of sp³-hybridized carbons (Fsp3) is 0.900. The van der Waals surface area contributed by atoms with Gasteiger partial charge >= 0.3 is 5.97 Å². The quantitative estimate of drug-likeness (QED) is 0.261.